The molecule has 1 aliphatic heterocycles. The SMILES string of the molecule is CC1COCCN1C(=O)c1ccoc1CC(=O)O. The van der Waals surface area contributed by atoms with Gasteiger partial charge in [0.25, 0.3) is 5.91 Å². The van der Waals surface area contributed by atoms with Crippen LogP contribution < -0.4 is 0 Å². The summed E-state index contributed by atoms with van der Waals surface area (Å²) in [5, 5.41) is 8.75. The Bertz CT molecular complexity index is 453. The molecule has 6 heteroatoms. The molecule has 6 nitrogen and oxygen atoms in total. The molecule has 98 valence electrons. The normalized spacial score (nSPS) is 19.8. The predicted octanol–water partition coefficient (Wildman–Crippen LogP) is 0.768. The second kappa shape index (κ2) is 5.22. The number of carbonyl (C=O) groups is 2. The van der Waals surface area contributed by atoms with E-state index in [1.165, 1.54) is 12.3 Å². The predicted molar refractivity (Wildman–Crippen MR) is 61.4 cm³/mol. The number of ether oxygens (including phenoxy) is 1. The van der Waals surface area contributed by atoms with Crippen molar-refractivity contribution in [3.8, 4) is 0 Å². The molecule has 1 aromatic heterocycles. The molecule has 1 N–H and O–H groups in total. The van der Waals surface area contributed by atoms with Crippen molar-refractivity contribution >= 4 is 11.9 Å². The molecule has 0 radical (unpaired) electrons. The van der Waals surface area contributed by atoms with Gasteiger partial charge in [-0.25, -0.2) is 0 Å². The number of carboxylic acid groups (broad SMARTS) is 1. The summed E-state index contributed by atoms with van der Waals surface area (Å²) in [6.07, 6.45) is 1.06. The fraction of sp³-hybridized carbons (Fsp3) is 0.500. The van der Waals surface area contributed by atoms with Crippen LogP contribution in [0.4, 0.5) is 0 Å². The zero-order chi connectivity index (χ0) is 13.1. The molecule has 0 spiro atoms. The van der Waals surface area contributed by atoms with Crippen LogP contribution in [0.15, 0.2) is 16.7 Å². The van der Waals surface area contributed by atoms with Gasteiger partial charge in [-0.15, -0.1) is 0 Å². The highest BCUT2D eigenvalue weighted by atomic mass is 16.5. The Hall–Kier alpha value is -1.82. The molecule has 0 aliphatic carbocycles. The molecule has 0 aromatic carbocycles. The van der Waals surface area contributed by atoms with Crippen LogP contribution in [0.1, 0.15) is 23.0 Å². The minimum Gasteiger partial charge on any atom is -0.481 e. The number of furan rings is 1. The Morgan fingerprint density at radius 2 is 2.33 bits per heavy atom. The summed E-state index contributed by atoms with van der Waals surface area (Å²) in [5.41, 5.74) is 0.325. The summed E-state index contributed by atoms with van der Waals surface area (Å²) in [5.74, 6) is -1.02. The maximum Gasteiger partial charge on any atom is 0.311 e. The van der Waals surface area contributed by atoms with Crippen molar-refractivity contribution in [2.24, 2.45) is 0 Å². The van der Waals surface area contributed by atoms with Crippen LogP contribution in [0, 0.1) is 0 Å². The lowest BCUT2D eigenvalue weighted by atomic mass is 10.1. The van der Waals surface area contributed by atoms with Gasteiger partial charge in [0.15, 0.2) is 0 Å². The summed E-state index contributed by atoms with van der Waals surface area (Å²) in [6.45, 7) is 3.41. The number of carboxylic acids is 1. The van der Waals surface area contributed by atoms with E-state index in [-0.39, 0.29) is 24.1 Å². The molecule has 0 bridgehead atoms. The molecule has 18 heavy (non-hydrogen) atoms. The van der Waals surface area contributed by atoms with Crippen LogP contribution in [-0.2, 0) is 16.0 Å². The zero-order valence-corrected chi connectivity index (χ0v) is 10.1. The van der Waals surface area contributed by atoms with E-state index >= 15 is 0 Å². The van der Waals surface area contributed by atoms with Gasteiger partial charge in [0.05, 0.1) is 31.1 Å². The quantitative estimate of drug-likeness (QED) is 0.860. The van der Waals surface area contributed by atoms with Gasteiger partial charge in [-0.3, -0.25) is 9.59 Å². The molecule has 1 saturated heterocycles. The van der Waals surface area contributed by atoms with E-state index < -0.39 is 5.97 Å². The lowest BCUT2D eigenvalue weighted by Crippen LogP contribution is -2.47. The number of hydrogen-bond donors (Lipinski definition) is 1. The summed E-state index contributed by atoms with van der Waals surface area (Å²) >= 11 is 0. The van der Waals surface area contributed by atoms with E-state index in [1.807, 2.05) is 6.92 Å². The minimum atomic E-state index is -1.02. The van der Waals surface area contributed by atoms with Gasteiger partial charge in [0.1, 0.15) is 12.2 Å². The molecular weight excluding hydrogens is 238 g/mol. The number of carbonyl (C=O) groups excluding carboxylic acids is 1. The van der Waals surface area contributed by atoms with Crippen molar-refractivity contribution < 1.29 is 23.8 Å². The third-order valence-electron chi connectivity index (χ3n) is 2.92. The van der Waals surface area contributed by atoms with E-state index in [0.29, 0.717) is 25.3 Å². The highest BCUT2D eigenvalue weighted by Crippen LogP contribution is 2.17. The molecule has 2 rings (SSSR count). The van der Waals surface area contributed by atoms with Crippen LogP contribution in [0.2, 0.25) is 0 Å². The van der Waals surface area contributed by atoms with Gasteiger partial charge in [-0.2, -0.15) is 0 Å². The van der Waals surface area contributed by atoms with Gasteiger partial charge < -0.3 is 19.2 Å². The molecule has 1 aromatic rings. The van der Waals surface area contributed by atoms with Gasteiger partial charge in [0, 0.05) is 6.54 Å². The molecular formula is C12H15NO5. The molecule has 1 aliphatic rings. The Labute approximate surface area is 104 Å². The van der Waals surface area contributed by atoms with Gasteiger partial charge in [-0.05, 0) is 13.0 Å². The molecule has 1 fully saturated rings. The third-order valence-corrected chi connectivity index (χ3v) is 2.92. The minimum absolute atomic E-state index is 0.0150. The van der Waals surface area contributed by atoms with Crippen LogP contribution in [0.5, 0.6) is 0 Å². The number of rotatable bonds is 3. The van der Waals surface area contributed by atoms with Crippen molar-refractivity contribution in [1.29, 1.82) is 0 Å². The highest BCUT2D eigenvalue weighted by Gasteiger charge is 2.27. The van der Waals surface area contributed by atoms with Crippen LogP contribution >= 0.6 is 0 Å². The highest BCUT2D eigenvalue weighted by molar-refractivity contribution is 5.96. The summed E-state index contributed by atoms with van der Waals surface area (Å²) in [6, 6.07) is 1.50. The lowest BCUT2D eigenvalue weighted by Gasteiger charge is -2.33. The van der Waals surface area contributed by atoms with Crippen molar-refractivity contribution in [3.63, 3.8) is 0 Å². The first-order valence-electron chi connectivity index (χ1n) is 5.76. The average molecular weight is 253 g/mol. The number of morpholine rings is 1. The first-order chi connectivity index (χ1) is 8.59. The fourth-order valence-corrected chi connectivity index (χ4v) is 1.99. The number of aliphatic carboxylic acids is 1. The Kier molecular flexibility index (Phi) is 3.66. The van der Waals surface area contributed by atoms with Crippen molar-refractivity contribution in [1.82, 2.24) is 4.90 Å². The molecule has 1 amide bonds. The Balaban J connectivity index is 2.17. The van der Waals surface area contributed by atoms with Crippen molar-refractivity contribution in [3.05, 3.63) is 23.7 Å². The zero-order valence-electron chi connectivity index (χ0n) is 10.1. The number of nitrogens with zero attached hydrogens (tertiary/aromatic N) is 1. The standard InChI is InChI=1S/C12H15NO5/c1-8-7-17-5-3-13(8)12(16)9-2-4-18-10(9)6-11(14)15/h2,4,8H,3,5-7H2,1H3,(H,14,15). The second-order valence-corrected chi connectivity index (χ2v) is 4.25. The topological polar surface area (TPSA) is 80.0 Å². The van der Waals surface area contributed by atoms with Crippen molar-refractivity contribution in [2.45, 2.75) is 19.4 Å². The van der Waals surface area contributed by atoms with Gasteiger partial charge >= 0.3 is 5.97 Å². The Morgan fingerprint density at radius 1 is 1.56 bits per heavy atom. The maximum atomic E-state index is 12.3. The number of amides is 1. The molecule has 1 unspecified atom stereocenters. The second-order valence-electron chi connectivity index (χ2n) is 4.25. The number of hydrogen-bond acceptors (Lipinski definition) is 4. The maximum absolute atomic E-state index is 12.3. The van der Waals surface area contributed by atoms with E-state index in [0.717, 1.165) is 0 Å². The van der Waals surface area contributed by atoms with Gasteiger partial charge in [0.2, 0.25) is 0 Å². The third kappa shape index (κ3) is 2.53. The van der Waals surface area contributed by atoms with Gasteiger partial charge in [-0.1, -0.05) is 0 Å². The summed E-state index contributed by atoms with van der Waals surface area (Å²) < 4.78 is 10.3. The van der Waals surface area contributed by atoms with Crippen LogP contribution in [-0.4, -0.2) is 47.7 Å². The summed E-state index contributed by atoms with van der Waals surface area (Å²) in [7, 11) is 0. The summed E-state index contributed by atoms with van der Waals surface area (Å²) in [4.78, 5) is 24.6. The smallest absolute Gasteiger partial charge is 0.311 e. The van der Waals surface area contributed by atoms with E-state index in [2.05, 4.69) is 0 Å². The molecule has 1 atom stereocenters. The molecule has 0 saturated carbocycles. The van der Waals surface area contributed by atoms with E-state index in [1.54, 1.807) is 4.90 Å². The first-order valence-corrected chi connectivity index (χ1v) is 5.76. The van der Waals surface area contributed by atoms with E-state index in [4.69, 9.17) is 14.3 Å². The largest absolute Gasteiger partial charge is 0.481 e. The first kappa shape index (κ1) is 12.6. The Morgan fingerprint density at radius 3 is 3.00 bits per heavy atom. The fourth-order valence-electron chi connectivity index (χ4n) is 1.99. The average Bonchev–Trinajstić information content (AvgIpc) is 2.76. The van der Waals surface area contributed by atoms with Crippen molar-refractivity contribution in [2.75, 3.05) is 19.8 Å². The monoisotopic (exact) mass is 253 g/mol. The van der Waals surface area contributed by atoms with Crippen LogP contribution in [0.25, 0.3) is 0 Å². The lowest BCUT2D eigenvalue weighted by molar-refractivity contribution is -0.136. The van der Waals surface area contributed by atoms with Crippen LogP contribution in [0.3, 0.4) is 0 Å². The molecule has 2 heterocycles. The van der Waals surface area contributed by atoms with E-state index in [9.17, 15) is 9.59 Å².